The quantitative estimate of drug-likeness (QED) is 0.762. The van der Waals surface area contributed by atoms with E-state index in [4.69, 9.17) is 4.74 Å². The van der Waals surface area contributed by atoms with Crippen LogP contribution in [0.15, 0.2) is 42.5 Å². The predicted octanol–water partition coefficient (Wildman–Crippen LogP) is 2.82. The predicted molar refractivity (Wildman–Crippen MR) is 105 cm³/mol. The van der Waals surface area contributed by atoms with Crippen LogP contribution >= 0.6 is 0 Å². The summed E-state index contributed by atoms with van der Waals surface area (Å²) in [5.41, 5.74) is -0.257. The molecule has 2 aromatic rings. The van der Waals surface area contributed by atoms with Crippen LogP contribution in [0.3, 0.4) is 0 Å². The molecule has 0 aliphatic heterocycles. The number of nitrogens with one attached hydrogen (secondary N) is 1. The summed E-state index contributed by atoms with van der Waals surface area (Å²) in [4.78, 5) is 14.0. The Labute approximate surface area is 156 Å². The summed E-state index contributed by atoms with van der Waals surface area (Å²) in [7, 11) is 0. The van der Waals surface area contributed by atoms with Gasteiger partial charge in [0.2, 0.25) is 5.91 Å². The molecular weight excluding hydrogens is 328 g/mol. The first-order valence-corrected chi connectivity index (χ1v) is 9.10. The average Bonchev–Trinajstić information content (AvgIpc) is 2.57. The molecule has 5 nitrogen and oxygen atoms in total. The third kappa shape index (κ3) is 6.32. The molecule has 0 aliphatic rings. The second-order valence-electron chi connectivity index (χ2n) is 7.57. The minimum absolute atomic E-state index is 0.0403. The SMILES string of the molecule is CCN(CC(=O)NC(C)(C)C)C[C@H](O)COc1cccc2ccccc12. The molecule has 142 valence electrons. The summed E-state index contributed by atoms with van der Waals surface area (Å²) in [5.74, 6) is 0.720. The van der Waals surface area contributed by atoms with Crippen molar-refractivity contribution in [1.29, 1.82) is 0 Å². The standard InChI is InChI=1S/C21H30N2O3/c1-5-23(14-20(25)22-21(2,3)4)13-17(24)15-26-19-12-8-10-16-9-6-7-11-18(16)19/h6-12,17,24H,5,13-15H2,1-4H3,(H,22,25)/t17-/m0/s1. The number of carbonyl (C=O) groups excluding carboxylic acids is 1. The summed E-state index contributed by atoms with van der Waals surface area (Å²) in [6, 6.07) is 13.9. The van der Waals surface area contributed by atoms with Gasteiger partial charge in [-0.05, 0) is 38.8 Å². The third-order valence-electron chi connectivity index (χ3n) is 3.98. The number of aliphatic hydroxyl groups excluding tert-OH is 1. The van der Waals surface area contributed by atoms with Crippen molar-refractivity contribution < 1.29 is 14.6 Å². The van der Waals surface area contributed by atoms with Crippen molar-refractivity contribution in [2.24, 2.45) is 0 Å². The van der Waals surface area contributed by atoms with Crippen LogP contribution < -0.4 is 10.1 Å². The number of fused-ring (bicyclic) bond motifs is 1. The molecule has 0 aromatic heterocycles. The Morgan fingerprint density at radius 3 is 2.58 bits per heavy atom. The van der Waals surface area contributed by atoms with E-state index >= 15 is 0 Å². The molecule has 0 saturated carbocycles. The smallest absolute Gasteiger partial charge is 0.234 e. The zero-order valence-corrected chi connectivity index (χ0v) is 16.2. The molecule has 0 fully saturated rings. The van der Waals surface area contributed by atoms with Gasteiger partial charge in [-0.1, -0.05) is 43.3 Å². The van der Waals surface area contributed by atoms with Crippen LogP contribution in [-0.4, -0.2) is 53.8 Å². The minimum atomic E-state index is -0.670. The first kappa shape index (κ1) is 20.2. The molecule has 0 unspecified atom stereocenters. The van der Waals surface area contributed by atoms with E-state index in [-0.39, 0.29) is 24.6 Å². The zero-order chi connectivity index (χ0) is 19.2. The van der Waals surface area contributed by atoms with Crippen LogP contribution in [0.4, 0.5) is 0 Å². The van der Waals surface area contributed by atoms with E-state index in [2.05, 4.69) is 5.32 Å². The number of hydrogen-bond acceptors (Lipinski definition) is 4. The number of rotatable bonds is 8. The molecule has 2 N–H and O–H groups in total. The first-order chi connectivity index (χ1) is 12.3. The molecular formula is C21H30N2O3. The number of amides is 1. The molecule has 5 heteroatoms. The fraction of sp³-hybridized carbons (Fsp3) is 0.476. The van der Waals surface area contributed by atoms with E-state index < -0.39 is 6.10 Å². The Kier molecular flexibility index (Phi) is 7.00. The molecule has 0 saturated heterocycles. The van der Waals surface area contributed by atoms with E-state index in [0.29, 0.717) is 13.1 Å². The van der Waals surface area contributed by atoms with Crippen molar-refractivity contribution in [3.63, 3.8) is 0 Å². The number of nitrogens with zero attached hydrogens (tertiary/aromatic N) is 1. The van der Waals surface area contributed by atoms with E-state index in [9.17, 15) is 9.90 Å². The van der Waals surface area contributed by atoms with Gasteiger partial charge in [0.15, 0.2) is 0 Å². The summed E-state index contributed by atoms with van der Waals surface area (Å²) < 4.78 is 5.83. The highest BCUT2D eigenvalue weighted by molar-refractivity contribution is 5.88. The molecule has 0 heterocycles. The number of benzene rings is 2. The van der Waals surface area contributed by atoms with Gasteiger partial charge in [0, 0.05) is 17.5 Å². The lowest BCUT2D eigenvalue weighted by atomic mass is 10.1. The Hall–Kier alpha value is -2.11. The topological polar surface area (TPSA) is 61.8 Å². The Balaban J connectivity index is 1.88. The number of hydrogen-bond donors (Lipinski definition) is 2. The van der Waals surface area contributed by atoms with Gasteiger partial charge in [0.05, 0.1) is 6.54 Å². The lowest BCUT2D eigenvalue weighted by Gasteiger charge is -2.26. The van der Waals surface area contributed by atoms with Crippen LogP contribution in [0.2, 0.25) is 0 Å². The van der Waals surface area contributed by atoms with Gasteiger partial charge in [-0.2, -0.15) is 0 Å². The van der Waals surface area contributed by atoms with Crippen LogP contribution in [-0.2, 0) is 4.79 Å². The van der Waals surface area contributed by atoms with Crippen LogP contribution in [0.1, 0.15) is 27.7 Å². The second-order valence-corrected chi connectivity index (χ2v) is 7.57. The summed E-state index contributed by atoms with van der Waals surface area (Å²) in [6.45, 7) is 9.35. The number of ether oxygens (including phenoxy) is 1. The highest BCUT2D eigenvalue weighted by Crippen LogP contribution is 2.25. The number of carbonyl (C=O) groups is 1. The Morgan fingerprint density at radius 2 is 1.88 bits per heavy atom. The summed E-state index contributed by atoms with van der Waals surface area (Å²) >= 11 is 0. The molecule has 0 bridgehead atoms. The van der Waals surface area contributed by atoms with Gasteiger partial charge < -0.3 is 15.2 Å². The second kappa shape index (κ2) is 9.01. The van der Waals surface area contributed by atoms with E-state index in [1.807, 2.05) is 75.1 Å². The lowest BCUT2D eigenvalue weighted by Crippen LogP contribution is -2.47. The van der Waals surface area contributed by atoms with Crippen LogP contribution in [0, 0.1) is 0 Å². The van der Waals surface area contributed by atoms with Crippen molar-refractivity contribution in [1.82, 2.24) is 10.2 Å². The molecule has 1 atom stereocenters. The third-order valence-corrected chi connectivity index (χ3v) is 3.98. The molecule has 2 rings (SSSR count). The van der Waals surface area contributed by atoms with Crippen molar-refractivity contribution in [3.8, 4) is 5.75 Å². The van der Waals surface area contributed by atoms with Gasteiger partial charge in [-0.15, -0.1) is 0 Å². The highest BCUT2D eigenvalue weighted by Gasteiger charge is 2.18. The molecule has 2 aromatic carbocycles. The van der Waals surface area contributed by atoms with Crippen molar-refractivity contribution in [2.45, 2.75) is 39.3 Å². The maximum Gasteiger partial charge on any atom is 0.234 e. The summed E-state index contributed by atoms with van der Waals surface area (Å²) in [6.07, 6.45) is -0.670. The maximum absolute atomic E-state index is 12.1. The minimum Gasteiger partial charge on any atom is -0.490 e. The van der Waals surface area contributed by atoms with Gasteiger partial charge in [0.1, 0.15) is 18.5 Å². The average molecular weight is 358 g/mol. The Morgan fingerprint density at radius 1 is 1.19 bits per heavy atom. The van der Waals surface area contributed by atoms with Crippen molar-refractivity contribution in [3.05, 3.63) is 42.5 Å². The van der Waals surface area contributed by atoms with Gasteiger partial charge >= 0.3 is 0 Å². The normalized spacial score (nSPS) is 13.0. The highest BCUT2D eigenvalue weighted by atomic mass is 16.5. The van der Waals surface area contributed by atoms with Gasteiger partial charge in [0.25, 0.3) is 0 Å². The molecule has 0 aliphatic carbocycles. The van der Waals surface area contributed by atoms with E-state index in [0.717, 1.165) is 16.5 Å². The van der Waals surface area contributed by atoms with E-state index in [1.165, 1.54) is 0 Å². The van der Waals surface area contributed by atoms with Gasteiger partial charge in [-0.3, -0.25) is 9.69 Å². The van der Waals surface area contributed by atoms with Crippen LogP contribution in [0.25, 0.3) is 10.8 Å². The molecule has 1 amide bonds. The van der Waals surface area contributed by atoms with E-state index in [1.54, 1.807) is 0 Å². The Bertz CT molecular complexity index is 719. The van der Waals surface area contributed by atoms with Crippen LogP contribution in [0.5, 0.6) is 5.75 Å². The lowest BCUT2D eigenvalue weighted by molar-refractivity contribution is -0.124. The maximum atomic E-state index is 12.1. The molecule has 26 heavy (non-hydrogen) atoms. The fourth-order valence-corrected chi connectivity index (χ4v) is 2.82. The molecule has 0 radical (unpaired) electrons. The molecule has 0 spiro atoms. The zero-order valence-electron chi connectivity index (χ0n) is 16.2. The monoisotopic (exact) mass is 358 g/mol. The van der Waals surface area contributed by atoms with Crippen molar-refractivity contribution >= 4 is 16.7 Å². The van der Waals surface area contributed by atoms with Gasteiger partial charge in [-0.25, -0.2) is 0 Å². The fourth-order valence-electron chi connectivity index (χ4n) is 2.82. The number of aliphatic hydroxyl groups is 1. The largest absolute Gasteiger partial charge is 0.490 e. The number of likely N-dealkylation sites (N-methyl/N-ethyl adjacent to an activating group) is 1. The first-order valence-electron chi connectivity index (χ1n) is 9.10. The van der Waals surface area contributed by atoms with Crippen molar-refractivity contribution in [2.75, 3.05) is 26.2 Å². The summed E-state index contributed by atoms with van der Waals surface area (Å²) in [5, 5.41) is 15.4.